The summed E-state index contributed by atoms with van der Waals surface area (Å²) in [7, 11) is -1.81. The van der Waals surface area contributed by atoms with Crippen LogP contribution in [0.25, 0.3) is 0 Å². The molecule has 0 unspecified atom stereocenters. The van der Waals surface area contributed by atoms with Gasteiger partial charge in [0, 0.05) is 26.7 Å². The number of benzene rings is 1. The first kappa shape index (κ1) is 18.1. The summed E-state index contributed by atoms with van der Waals surface area (Å²) in [6, 6.07) is 7.00. The lowest BCUT2D eigenvalue weighted by atomic mass is 10.2. The lowest BCUT2D eigenvalue weighted by molar-refractivity contribution is 0.281. The number of nitrogens with zero attached hydrogens (tertiary/aromatic N) is 1. The van der Waals surface area contributed by atoms with Crippen molar-refractivity contribution in [2.75, 3.05) is 26.7 Å². The van der Waals surface area contributed by atoms with Gasteiger partial charge in [-0.3, -0.25) is 0 Å². The van der Waals surface area contributed by atoms with Crippen molar-refractivity contribution in [1.29, 1.82) is 0 Å². The molecule has 1 rings (SSSR count). The van der Waals surface area contributed by atoms with E-state index in [1.165, 1.54) is 4.31 Å². The lowest BCUT2D eigenvalue weighted by Gasteiger charge is -2.17. The summed E-state index contributed by atoms with van der Waals surface area (Å²) < 4.78 is 26.1. The number of hydrogen-bond acceptors (Lipinski definition) is 4. The van der Waals surface area contributed by atoms with Crippen molar-refractivity contribution in [1.82, 2.24) is 9.62 Å². The highest BCUT2D eigenvalue weighted by atomic mass is 32.2. The number of aliphatic hydroxyl groups excluding tert-OH is 1. The van der Waals surface area contributed by atoms with Crippen molar-refractivity contribution in [3.8, 4) is 0 Å². The van der Waals surface area contributed by atoms with Crippen molar-refractivity contribution in [2.45, 2.75) is 37.6 Å². The van der Waals surface area contributed by atoms with Crippen molar-refractivity contribution in [3.63, 3.8) is 0 Å². The van der Waals surface area contributed by atoms with Crippen molar-refractivity contribution in [3.05, 3.63) is 29.8 Å². The largest absolute Gasteiger partial charge is 0.396 e. The molecule has 0 aliphatic heterocycles. The van der Waals surface area contributed by atoms with E-state index in [0.717, 1.165) is 31.5 Å². The van der Waals surface area contributed by atoms with E-state index in [2.05, 4.69) is 5.32 Å². The quantitative estimate of drug-likeness (QED) is 0.643. The second-order valence-electron chi connectivity index (χ2n) is 5.04. The van der Waals surface area contributed by atoms with Crippen LogP contribution >= 0.6 is 0 Å². The Morgan fingerprint density at radius 3 is 2.38 bits per heavy atom. The maximum atomic E-state index is 12.4. The Morgan fingerprint density at radius 2 is 1.81 bits per heavy atom. The predicted molar refractivity (Wildman–Crippen MR) is 84.6 cm³/mol. The lowest BCUT2D eigenvalue weighted by Crippen LogP contribution is -2.28. The molecule has 21 heavy (non-hydrogen) atoms. The van der Waals surface area contributed by atoms with E-state index in [9.17, 15) is 8.42 Å². The maximum Gasteiger partial charge on any atom is 0.242 e. The zero-order valence-corrected chi connectivity index (χ0v) is 13.7. The van der Waals surface area contributed by atoms with Crippen LogP contribution in [0.5, 0.6) is 0 Å². The summed E-state index contributed by atoms with van der Waals surface area (Å²) in [6.07, 6.45) is 2.31. The first-order chi connectivity index (χ1) is 10.0. The van der Waals surface area contributed by atoms with E-state index in [1.54, 1.807) is 19.2 Å². The zero-order chi connectivity index (χ0) is 15.7. The molecule has 0 bridgehead atoms. The normalized spacial score (nSPS) is 12.0. The second-order valence-corrected chi connectivity index (χ2v) is 7.08. The molecule has 2 N–H and O–H groups in total. The van der Waals surface area contributed by atoms with Crippen LogP contribution < -0.4 is 5.32 Å². The number of nitrogens with one attached hydrogen (secondary N) is 1. The molecule has 0 spiro atoms. The maximum absolute atomic E-state index is 12.4. The van der Waals surface area contributed by atoms with Crippen LogP contribution in [0.4, 0.5) is 0 Å². The van der Waals surface area contributed by atoms with Crippen LogP contribution in [-0.2, 0) is 16.6 Å². The molecule has 1 aromatic carbocycles. The van der Waals surface area contributed by atoms with Gasteiger partial charge >= 0.3 is 0 Å². The molecule has 0 radical (unpaired) electrons. The van der Waals surface area contributed by atoms with E-state index in [0.29, 0.717) is 17.9 Å². The molecule has 0 aliphatic rings. The first-order valence-corrected chi connectivity index (χ1v) is 8.83. The van der Waals surface area contributed by atoms with Gasteiger partial charge < -0.3 is 10.4 Å². The highest BCUT2D eigenvalue weighted by molar-refractivity contribution is 7.89. The van der Waals surface area contributed by atoms with Gasteiger partial charge in [0.25, 0.3) is 0 Å². The number of unbranched alkanes of at least 4 members (excludes halogenated alkanes) is 2. The van der Waals surface area contributed by atoms with E-state index < -0.39 is 10.0 Å². The summed E-state index contributed by atoms with van der Waals surface area (Å²) in [5.41, 5.74) is 1.07. The fourth-order valence-electron chi connectivity index (χ4n) is 1.97. The average Bonchev–Trinajstić information content (AvgIpc) is 2.49. The fourth-order valence-corrected chi connectivity index (χ4v) is 3.18. The van der Waals surface area contributed by atoms with Crippen LogP contribution in [0.3, 0.4) is 0 Å². The van der Waals surface area contributed by atoms with Gasteiger partial charge in [-0.05, 0) is 43.5 Å². The summed E-state index contributed by atoms with van der Waals surface area (Å²) in [5.74, 6) is 0. The monoisotopic (exact) mass is 314 g/mol. The first-order valence-electron chi connectivity index (χ1n) is 7.39. The Balaban J connectivity index is 2.64. The minimum absolute atomic E-state index is 0.156. The number of rotatable bonds is 10. The van der Waals surface area contributed by atoms with E-state index in [4.69, 9.17) is 5.11 Å². The minimum atomic E-state index is -3.41. The third kappa shape index (κ3) is 5.74. The molecule has 5 nitrogen and oxygen atoms in total. The Kier molecular flexibility index (Phi) is 7.88. The molecule has 0 aromatic heterocycles. The standard InChI is InChI=1S/C15H26N2O3S/c1-3-16-13-14-7-9-15(10-8-14)21(19,20)17(2)11-5-4-6-12-18/h7-10,16,18H,3-6,11-13H2,1-2H3. The molecule has 0 amide bonds. The van der Waals surface area contributed by atoms with Crippen LogP contribution in [-0.4, -0.2) is 44.6 Å². The molecule has 6 heteroatoms. The fraction of sp³-hybridized carbons (Fsp3) is 0.600. The molecule has 0 fully saturated rings. The van der Waals surface area contributed by atoms with E-state index in [-0.39, 0.29) is 6.61 Å². The summed E-state index contributed by atoms with van der Waals surface area (Å²) >= 11 is 0. The van der Waals surface area contributed by atoms with Crippen molar-refractivity contribution < 1.29 is 13.5 Å². The zero-order valence-electron chi connectivity index (χ0n) is 12.9. The molecule has 0 saturated heterocycles. The van der Waals surface area contributed by atoms with Gasteiger partial charge in [-0.2, -0.15) is 0 Å². The van der Waals surface area contributed by atoms with Gasteiger partial charge in [-0.1, -0.05) is 19.1 Å². The minimum Gasteiger partial charge on any atom is -0.396 e. The molecule has 0 saturated carbocycles. The molecular weight excluding hydrogens is 288 g/mol. The van der Waals surface area contributed by atoms with Gasteiger partial charge in [-0.25, -0.2) is 12.7 Å². The number of hydrogen-bond donors (Lipinski definition) is 2. The smallest absolute Gasteiger partial charge is 0.242 e. The Labute approximate surface area is 128 Å². The van der Waals surface area contributed by atoms with Gasteiger partial charge in [0.1, 0.15) is 0 Å². The molecule has 1 aromatic rings. The average molecular weight is 314 g/mol. The highest BCUT2D eigenvalue weighted by Crippen LogP contribution is 2.16. The molecule has 0 heterocycles. The van der Waals surface area contributed by atoms with Gasteiger partial charge in [-0.15, -0.1) is 0 Å². The molecule has 120 valence electrons. The predicted octanol–water partition coefficient (Wildman–Crippen LogP) is 1.58. The van der Waals surface area contributed by atoms with Crippen LogP contribution in [0.1, 0.15) is 31.7 Å². The van der Waals surface area contributed by atoms with E-state index >= 15 is 0 Å². The summed E-state index contributed by atoms with van der Waals surface area (Å²) in [5, 5.41) is 11.9. The van der Waals surface area contributed by atoms with Crippen molar-refractivity contribution in [2.24, 2.45) is 0 Å². The summed E-state index contributed by atoms with van der Waals surface area (Å²) in [6.45, 7) is 4.29. The number of sulfonamides is 1. The molecule has 0 atom stereocenters. The van der Waals surface area contributed by atoms with E-state index in [1.807, 2.05) is 19.1 Å². The van der Waals surface area contributed by atoms with Gasteiger partial charge in [0.2, 0.25) is 10.0 Å². The Morgan fingerprint density at radius 1 is 1.14 bits per heavy atom. The van der Waals surface area contributed by atoms with Crippen LogP contribution in [0.2, 0.25) is 0 Å². The van der Waals surface area contributed by atoms with Crippen LogP contribution in [0.15, 0.2) is 29.2 Å². The molecule has 0 aliphatic carbocycles. The number of aliphatic hydroxyl groups is 1. The van der Waals surface area contributed by atoms with Crippen LogP contribution in [0, 0.1) is 0 Å². The highest BCUT2D eigenvalue weighted by Gasteiger charge is 2.19. The SMILES string of the molecule is CCNCc1ccc(S(=O)(=O)N(C)CCCCCO)cc1. The molecular formula is C15H26N2O3S. The van der Waals surface area contributed by atoms with Gasteiger partial charge in [0.15, 0.2) is 0 Å². The third-order valence-electron chi connectivity index (χ3n) is 3.34. The Hall–Kier alpha value is -0.950. The van der Waals surface area contributed by atoms with Crippen molar-refractivity contribution >= 4 is 10.0 Å². The Bertz CT molecular complexity index is 500. The topological polar surface area (TPSA) is 69.6 Å². The second kappa shape index (κ2) is 9.15. The third-order valence-corrected chi connectivity index (χ3v) is 5.21. The summed E-state index contributed by atoms with van der Waals surface area (Å²) in [4.78, 5) is 0.326. The van der Waals surface area contributed by atoms with Gasteiger partial charge in [0.05, 0.1) is 4.90 Å².